The first kappa shape index (κ1) is 23.8. The van der Waals surface area contributed by atoms with Gasteiger partial charge in [-0.1, -0.05) is 27.7 Å². The van der Waals surface area contributed by atoms with E-state index in [1.165, 1.54) is 11.8 Å². The van der Waals surface area contributed by atoms with Gasteiger partial charge < -0.3 is 20.2 Å². The largest absolute Gasteiger partial charge is 0.477 e. The Morgan fingerprint density at radius 3 is 2.04 bits per heavy atom. The fraction of sp³-hybridized carbons (Fsp3) is 0.588. The molecule has 0 saturated heterocycles. The zero-order valence-corrected chi connectivity index (χ0v) is 17.1. The Morgan fingerprint density at radius 1 is 1.21 bits per heavy atom. The van der Waals surface area contributed by atoms with Gasteiger partial charge in [-0.15, -0.1) is 0 Å². The Hall–Kier alpha value is -2.24. The van der Waals surface area contributed by atoms with Gasteiger partial charge in [0.2, 0.25) is 0 Å². The minimum absolute atomic E-state index is 0.0853. The molecule has 0 aromatic heterocycles. The summed E-state index contributed by atoms with van der Waals surface area (Å²) in [4.78, 5) is 23.6. The van der Waals surface area contributed by atoms with Gasteiger partial charge in [0, 0.05) is 13.1 Å². The lowest BCUT2D eigenvalue weighted by molar-refractivity contribution is -0.386. The molecule has 0 saturated carbocycles. The highest BCUT2D eigenvalue weighted by Gasteiger charge is 2.40. The normalized spacial score (nSPS) is 12.1. The van der Waals surface area contributed by atoms with Crippen LogP contribution in [-0.2, 0) is 15.3 Å². The number of carbonyl (C=O) groups is 1. The average molecular weight is 418 g/mol. The summed E-state index contributed by atoms with van der Waals surface area (Å²) in [6, 6.07) is 0.934. The lowest BCUT2D eigenvalue weighted by atomic mass is 9.83. The van der Waals surface area contributed by atoms with E-state index in [-0.39, 0.29) is 35.0 Å². The van der Waals surface area contributed by atoms with Crippen LogP contribution in [0.4, 0.5) is 11.4 Å². The van der Waals surface area contributed by atoms with E-state index in [9.17, 15) is 38.6 Å². The minimum Gasteiger partial charge on any atom is -0.477 e. The van der Waals surface area contributed by atoms with Gasteiger partial charge in [0.25, 0.3) is 5.69 Å². The number of carboxylic acid groups (broad SMARTS) is 1. The highest BCUT2D eigenvalue weighted by atomic mass is 32.2. The number of aromatic carboxylic acids is 1. The van der Waals surface area contributed by atoms with Gasteiger partial charge in [-0.05, 0) is 11.5 Å². The van der Waals surface area contributed by atoms with Crippen molar-refractivity contribution < 1.29 is 33.5 Å². The Bertz CT molecular complexity index is 853. The Balaban J connectivity index is 4.29. The maximum absolute atomic E-state index is 12.9. The monoisotopic (exact) mass is 418 g/mol. The van der Waals surface area contributed by atoms with Crippen molar-refractivity contribution in [3.8, 4) is 0 Å². The number of rotatable bonds is 9. The number of aliphatic hydroxyl groups excluding tert-OH is 2. The highest BCUT2D eigenvalue weighted by Crippen LogP contribution is 2.44. The summed E-state index contributed by atoms with van der Waals surface area (Å²) >= 11 is 0. The molecule has 0 fully saturated rings. The molecule has 0 aliphatic carbocycles. The second-order valence-electron chi connectivity index (χ2n) is 7.15. The number of nitrogens with zero attached hydrogens (tertiary/aromatic N) is 2. The van der Waals surface area contributed by atoms with Crippen LogP contribution in [0.25, 0.3) is 0 Å². The van der Waals surface area contributed by atoms with Gasteiger partial charge in [0.15, 0.2) is 9.84 Å². The van der Waals surface area contributed by atoms with Crippen molar-refractivity contribution in [2.75, 3.05) is 37.0 Å². The fourth-order valence-electron chi connectivity index (χ4n) is 2.98. The van der Waals surface area contributed by atoms with E-state index < -0.39 is 50.6 Å². The first-order valence-electron chi connectivity index (χ1n) is 8.62. The van der Waals surface area contributed by atoms with Crippen molar-refractivity contribution in [3.05, 3.63) is 27.3 Å². The molecule has 0 amide bonds. The summed E-state index contributed by atoms with van der Waals surface area (Å²) in [6.45, 7) is 5.09. The smallest absolute Gasteiger partial charge is 0.342 e. The van der Waals surface area contributed by atoms with E-state index in [2.05, 4.69) is 0 Å². The molecule has 0 atom stereocenters. The predicted molar refractivity (Wildman–Crippen MR) is 103 cm³/mol. The number of nitro benzene ring substituents is 1. The number of anilines is 1. The molecule has 0 spiro atoms. The molecule has 0 heterocycles. The lowest BCUT2D eigenvalue weighted by Gasteiger charge is -2.30. The van der Waals surface area contributed by atoms with E-state index >= 15 is 0 Å². The molecular weight excluding hydrogens is 392 g/mol. The van der Waals surface area contributed by atoms with E-state index in [4.69, 9.17) is 0 Å². The summed E-state index contributed by atoms with van der Waals surface area (Å²) < 4.78 is 25.9. The molecule has 0 aliphatic heterocycles. The quantitative estimate of drug-likeness (QED) is 0.395. The van der Waals surface area contributed by atoms with Gasteiger partial charge in [0.1, 0.15) is 10.5 Å². The zero-order chi connectivity index (χ0) is 21.9. The van der Waals surface area contributed by atoms with Gasteiger partial charge in [-0.2, -0.15) is 0 Å². The van der Waals surface area contributed by atoms with Gasteiger partial charge >= 0.3 is 5.97 Å². The molecule has 0 bridgehead atoms. The summed E-state index contributed by atoms with van der Waals surface area (Å²) in [5, 5.41) is 40.0. The minimum atomic E-state index is -4.03. The highest BCUT2D eigenvalue weighted by molar-refractivity contribution is 7.91. The van der Waals surface area contributed by atoms with Crippen molar-refractivity contribution in [1.29, 1.82) is 0 Å². The molecule has 1 rings (SSSR count). The van der Waals surface area contributed by atoms with Crippen molar-refractivity contribution in [2.24, 2.45) is 0 Å². The molecule has 28 heavy (non-hydrogen) atoms. The van der Waals surface area contributed by atoms with Crippen molar-refractivity contribution >= 4 is 27.2 Å². The van der Waals surface area contributed by atoms with Gasteiger partial charge in [-0.3, -0.25) is 10.1 Å². The number of benzene rings is 1. The van der Waals surface area contributed by atoms with Crippen LogP contribution >= 0.6 is 0 Å². The predicted octanol–water partition coefficient (Wildman–Crippen LogP) is 1.18. The average Bonchev–Trinajstić information content (AvgIpc) is 2.58. The Morgan fingerprint density at radius 2 is 1.71 bits per heavy atom. The topological polar surface area (TPSA) is 158 Å². The Kier molecular flexibility index (Phi) is 7.52. The molecular formula is C17H26N2O8S. The number of sulfone groups is 1. The number of hydrogen-bond acceptors (Lipinski definition) is 8. The maximum Gasteiger partial charge on any atom is 0.342 e. The van der Waals surface area contributed by atoms with E-state index in [1.807, 2.05) is 0 Å². The first-order chi connectivity index (χ1) is 12.8. The van der Waals surface area contributed by atoms with Crippen LogP contribution in [0, 0.1) is 10.1 Å². The number of aliphatic hydroxyl groups is 2. The molecule has 3 N–H and O–H groups in total. The van der Waals surface area contributed by atoms with Gasteiger partial charge in [-0.25, -0.2) is 13.2 Å². The molecule has 11 heteroatoms. The van der Waals surface area contributed by atoms with Crippen LogP contribution in [-0.4, -0.2) is 66.7 Å². The SMILES string of the molecule is CCS(=O)(=O)c1c(N(CCO)CCO)cc(C(=O)O)c([N+](=O)[O-])c1C(C)(C)C. The number of carboxylic acids is 1. The van der Waals surface area contributed by atoms with Crippen molar-refractivity contribution in [3.63, 3.8) is 0 Å². The van der Waals surface area contributed by atoms with Crippen molar-refractivity contribution in [1.82, 2.24) is 0 Å². The van der Waals surface area contributed by atoms with Crippen molar-refractivity contribution in [2.45, 2.75) is 38.0 Å². The lowest BCUT2D eigenvalue weighted by Crippen LogP contribution is -2.33. The summed E-state index contributed by atoms with van der Waals surface area (Å²) in [6.07, 6.45) is 0. The van der Waals surface area contributed by atoms with Crippen LogP contribution in [0.1, 0.15) is 43.6 Å². The van der Waals surface area contributed by atoms with Gasteiger partial charge in [0.05, 0.1) is 35.1 Å². The summed E-state index contributed by atoms with van der Waals surface area (Å²) in [5.74, 6) is -1.94. The third-order valence-corrected chi connectivity index (χ3v) is 5.96. The molecule has 0 radical (unpaired) electrons. The molecule has 10 nitrogen and oxygen atoms in total. The molecule has 0 aliphatic rings. The van der Waals surface area contributed by atoms with Crippen LogP contribution in [0.3, 0.4) is 0 Å². The summed E-state index contributed by atoms with van der Waals surface area (Å²) in [7, 11) is -4.03. The van der Waals surface area contributed by atoms with E-state index in [1.54, 1.807) is 20.8 Å². The second kappa shape index (κ2) is 8.84. The molecule has 0 unspecified atom stereocenters. The third kappa shape index (κ3) is 4.78. The molecule has 1 aromatic carbocycles. The molecule has 158 valence electrons. The third-order valence-electron chi connectivity index (χ3n) is 4.17. The first-order valence-corrected chi connectivity index (χ1v) is 10.3. The van der Waals surface area contributed by atoms with E-state index in [0.717, 1.165) is 6.07 Å². The van der Waals surface area contributed by atoms with Crippen LogP contribution in [0.5, 0.6) is 0 Å². The molecule has 1 aromatic rings. The van der Waals surface area contributed by atoms with Crippen LogP contribution < -0.4 is 4.90 Å². The van der Waals surface area contributed by atoms with E-state index in [0.29, 0.717) is 0 Å². The second-order valence-corrected chi connectivity index (χ2v) is 9.36. The fourth-order valence-corrected chi connectivity index (χ4v) is 4.49. The maximum atomic E-state index is 12.9. The zero-order valence-electron chi connectivity index (χ0n) is 16.3. The van der Waals surface area contributed by atoms with Crippen LogP contribution in [0.15, 0.2) is 11.0 Å². The van der Waals surface area contributed by atoms with Crippen LogP contribution in [0.2, 0.25) is 0 Å². The number of nitro groups is 1. The summed E-state index contributed by atoms with van der Waals surface area (Å²) in [5.41, 5.74) is -2.80. The standard InChI is InChI=1S/C17H26N2O8S/c1-5-28(26,27)15-12(18(6-8-20)7-9-21)10-11(16(22)23)14(19(24)25)13(15)17(2,3)4/h10,20-21H,5-9H2,1-4H3,(H,22,23). The Labute approximate surface area is 163 Å². The number of hydrogen-bond donors (Lipinski definition) is 3.